The molecule has 0 amide bonds. The van der Waals surface area contributed by atoms with Gasteiger partial charge in [0.05, 0.1) is 6.54 Å². The fourth-order valence-electron chi connectivity index (χ4n) is 1.96. The Balaban J connectivity index is 1.89. The normalized spacial score (nSPS) is 18.5. The topological polar surface area (TPSA) is 41.6 Å². The standard InChI is InChI=1S/C12H19N3S/c13-12(14-10-11-6-5-9-16-11)15-7-3-1-2-4-8-15/h5-6,9H,1-4,7-8,10H2,(H2,13,14). The number of hydrogen-bond acceptors (Lipinski definition) is 2. The summed E-state index contributed by atoms with van der Waals surface area (Å²) < 4.78 is 0. The molecule has 2 N–H and O–H groups in total. The molecule has 0 bridgehead atoms. The Morgan fingerprint density at radius 3 is 2.69 bits per heavy atom. The first-order valence-electron chi connectivity index (χ1n) is 5.93. The Bertz CT molecular complexity index is 324. The van der Waals surface area contributed by atoms with E-state index >= 15 is 0 Å². The molecule has 2 rings (SSSR count). The van der Waals surface area contributed by atoms with Crippen molar-refractivity contribution in [3.05, 3.63) is 22.4 Å². The van der Waals surface area contributed by atoms with Gasteiger partial charge in [-0.25, -0.2) is 4.99 Å². The van der Waals surface area contributed by atoms with Gasteiger partial charge < -0.3 is 10.6 Å². The van der Waals surface area contributed by atoms with Crippen molar-refractivity contribution in [2.45, 2.75) is 32.2 Å². The van der Waals surface area contributed by atoms with E-state index in [2.05, 4.69) is 27.4 Å². The zero-order chi connectivity index (χ0) is 11.2. The average molecular weight is 237 g/mol. The van der Waals surface area contributed by atoms with Crippen LogP contribution in [0, 0.1) is 0 Å². The van der Waals surface area contributed by atoms with E-state index in [0.29, 0.717) is 0 Å². The van der Waals surface area contributed by atoms with Gasteiger partial charge in [0.15, 0.2) is 5.96 Å². The van der Waals surface area contributed by atoms with Crippen LogP contribution in [-0.2, 0) is 6.54 Å². The largest absolute Gasteiger partial charge is 0.370 e. The van der Waals surface area contributed by atoms with E-state index in [9.17, 15) is 0 Å². The van der Waals surface area contributed by atoms with Crippen molar-refractivity contribution in [2.75, 3.05) is 13.1 Å². The maximum absolute atomic E-state index is 6.02. The van der Waals surface area contributed by atoms with Crippen LogP contribution < -0.4 is 5.73 Å². The second-order valence-electron chi connectivity index (χ2n) is 4.16. The van der Waals surface area contributed by atoms with Crippen LogP contribution in [0.4, 0.5) is 0 Å². The Kier molecular flexibility index (Phi) is 4.22. The number of rotatable bonds is 2. The lowest BCUT2D eigenvalue weighted by Gasteiger charge is -2.20. The lowest BCUT2D eigenvalue weighted by molar-refractivity contribution is 0.428. The van der Waals surface area contributed by atoms with Gasteiger partial charge in [0.1, 0.15) is 0 Å². The van der Waals surface area contributed by atoms with Gasteiger partial charge in [0.25, 0.3) is 0 Å². The highest BCUT2D eigenvalue weighted by Gasteiger charge is 2.10. The van der Waals surface area contributed by atoms with Crippen molar-refractivity contribution in [3.63, 3.8) is 0 Å². The number of guanidine groups is 1. The molecule has 0 spiro atoms. The first-order valence-corrected chi connectivity index (χ1v) is 6.81. The fraction of sp³-hybridized carbons (Fsp3) is 0.583. The molecule has 0 radical (unpaired) electrons. The predicted molar refractivity (Wildman–Crippen MR) is 69.7 cm³/mol. The first-order chi connectivity index (χ1) is 7.86. The molecule has 0 aromatic carbocycles. The first kappa shape index (κ1) is 11.5. The molecule has 0 saturated carbocycles. The maximum atomic E-state index is 6.02. The van der Waals surface area contributed by atoms with E-state index in [4.69, 9.17) is 5.73 Å². The fourth-order valence-corrected chi connectivity index (χ4v) is 2.59. The van der Waals surface area contributed by atoms with E-state index in [1.165, 1.54) is 30.6 Å². The van der Waals surface area contributed by atoms with Crippen LogP contribution in [0.1, 0.15) is 30.6 Å². The zero-order valence-corrected chi connectivity index (χ0v) is 10.4. The monoisotopic (exact) mass is 237 g/mol. The Morgan fingerprint density at radius 2 is 2.06 bits per heavy atom. The van der Waals surface area contributed by atoms with Crippen LogP contribution in [0.2, 0.25) is 0 Å². The molecule has 1 aliphatic rings. The van der Waals surface area contributed by atoms with Gasteiger partial charge in [0.2, 0.25) is 0 Å². The molecular weight excluding hydrogens is 218 g/mol. The van der Waals surface area contributed by atoms with Gasteiger partial charge >= 0.3 is 0 Å². The summed E-state index contributed by atoms with van der Waals surface area (Å²) in [6, 6.07) is 4.15. The van der Waals surface area contributed by atoms with Gasteiger partial charge in [-0.15, -0.1) is 11.3 Å². The van der Waals surface area contributed by atoms with Crippen molar-refractivity contribution >= 4 is 17.3 Å². The van der Waals surface area contributed by atoms with E-state index in [-0.39, 0.29) is 0 Å². The Labute approximate surface area is 101 Å². The van der Waals surface area contributed by atoms with E-state index in [1.54, 1.807) is 11.3 Å². The minimum absolute atomic E-state index is 0.718. The third kappa shape index (κ3) is 3.23. The second kappa shape index (κ2) is 5.89. The summed E-state index contributed by atoms with van der Waals surface area (Å²) >= 11 is 1.73. The molecule has 1 fully saturated rings. The summed E-state index contributed by atoms with van der Waals surface area (Å²) in [5, 5.41) is 2.08. The SMILES string of the molecule is NC(=NCc1cccs1)N1CCCCCC1. The van der Waals surface area contributed by atoms with E-state index < -0.39 is 0 Å². The van der Waals surface area contributed by atoms with Crippen molar-refractivity contribution in [1.82, 2.24) is 4.90 Å². The summed E-state index contributed by atoms with van der Waals surface area (Å²) in [5.74, 6) is 0.718. The molecule has 1 aliphatic heterocycles. The molecule has 2 heterocycles. The van der Waals surface area contributed by atoms with Crippen molar-refractivity contribution < 1.29 is 0 Å². The number of hydrogen-bond donors (Lipinski definition) is 1. The molecule has 0 atom stereocenters. The summed E-state index contributed by atoms with van der Waals surface area (Å²) in [7, 11) is 0. The molecule has 3 nitrogen and oxygen atoms in total. The van der Waals surface area contributed by atoms with Gasteiger partial charge in [-0.2, -0.15) is 0 Å². The van der Waals surface area contributed by atoms with Crippen LogP contribution in [0.5, 0.6) is 0 Å². The van der Waals surface area contributed by atoms with E-state index in [1.807, 2.05) is 0 Å². The molecule has 0 aliphatic carbocycles. The molecule has 1 aromatic rings. The number of nitrogens with two attached hydrogens (primary N) is 1. The van der Waals surface area contributed by atoms with Crippen LogP contribution >= 0.6 is 11.3 Å². The van der Waals surface area contributed by atoms with Crippen LogP contribution in [0.25, 0.3) is 0 Å². The smallest absolute Gasteiger partial charge is 0.191 e. The Hall–Kier alpha value is -1.03. The number of aliphatic imine (C=N–C) groups is 1. The molecule has 16 heavy (non-hydrogen) atoms. The van der Waals surface area contributed by atoms with Crippen LogP contribution in [0.3, 0.4) is 0 Å². The number of thiophene rings is 1. The quantitative estimate of drug-likeness (QED) is 0.634. The summed E-state index contributed by atoms with van der Waals surface area (Å²) in [6.45, 7) is 2.86. The minimum atomic E-state index is 0.718. The van der Waals surface area contributed by atoms with Gasteiger partial charge in [-0.3, -0.25) is 0 Å². The summed E-state index contributed by atoms with van der Waals surface area (Å²) in [6.07, 6.45) is 5.15. The lowest BCUT2D eigenvalue weighted by Crippen LogP contribution is -2.38. The maximum Gasteiger partial charge on any atom is 0.191 e. The summed E-state index contributed by atoms with van der Waals surface area (Å²) in [5.41, 5.74) is 6.02. The van der Waals surface area contributed by atoms with Crippen molar-refractivity contribution in [3.8, 4) is 0 Å². The summed E-state index contributed by atoms with van der Waals surface area (Å²) in [4.78, 5) is 7.96. The molecule has 1 aromatic heterocycles. The van der Waals surface area contributed by atoms with Crippen molar-refractivity contribution in [1.29, 1.82) is 0 Å². The molecule has 0 unspecified atom stereocenters. The van der Waals surface area contributed by atoms with Gasteiger partial charge in [-0.1, -0.05) is 18.9 Å². The third-order valence-electron chi connectivity index (χ3n) is 2.91. The third-order valence-corrected chi connectivity index (χ3v) is 3.77. The molecule has 88 valence electrons. The van der Waals surface area contributed by atoms with Crippen molar-refractivity contribution in [2.24, 2.45) is 10.7 Å². The predicted octanol–water partition coefficient (Wildman–Crippen LogP) is 2.44. The minimum Gasteiger partial charge on any atom is -0.370 e. The highest BCUT2D eigenvalue weighted by atomic mass is 32.1. The van der Waals surface area contributed by atoms with E-state index in [0.717, 1.165) is 25.6 Å². The highest BCUT2D eigenvalue weighted by Crippen LogP contribution is 2.11. The second-order valence-corrected chi connectivity index (χ2v) is 5.19. The van der Waals surface area contributed by atoms with Crippen LogP contribution in [0.15, 0.2) is 22.5 Å². The van der Waals surface area contributed by atoms with Crippen LogP contribution in [-0.4, -0.2) is 23.9 Å². The zero-order valence-electron chi connectivity index (χ0n) is 9.56. The lowest BCUT2D eigenvalue weighted by atomic mass is 10.2. The highest BCUT2D eigenvalue weighted by molar-refractivity contribution is 7.09. The van der Waals surface area contributed by atoms with Gasteiger partial charge in [0, 0.05) is 18.0 Å². The molecular formula is C12H19N3S. The molecule has 4 heteroatoms. The molecule has 1 saturated heterocycles. The number of likely N-dealkylation sites (tertiary alicyclic amines) is 1. The number of nitrogens with zero attached hydrogens (tertiary/aromatic N) is 2. The average Bonchev–Trinajstić information content (AvgIpc) is 2.66. The Morgan fingerprint density at radius 1 is 1.31 bits per heavy atom. The van der Waals surface area contributed by atoms with Gasteiger partial charge in [-0.05, 0) is 24.3 Å².